The summed E-state index contributed by atoms with van der Waals surface area (Å²) in [5.41, 5.74) is 1.56. The Bertz CT molecular complexity index is 628. The average Bonchev–Trinajstić information content (AvgIpc) is 2.47. The summed E-state index contributed by atoms with van der Waals surface area (Å²) < 4.78 is 6.23. The molecule has 5 nitrogen and oxygen atoms in total. The summed E-state index contributed by atoms with van der Waals surface area (Å²) in [5.74, 6) is 0.633. The molecule has 0 spiro atoms. The van der Waals surface area contributed by atoms with Crippen LogP contribution >= 0.6 is 15.9 Å². The first-order chi connectivity index (χ1) is 10.1. The number of nitro benzene ring substituents is 1. The number of nitrogens with zero attached hydrogens (tertiary/aromatic N) is 1. The molecule has 0 heterocycles. The monoisotopic (exact) mass is 351 g/mol. The van der Waals surface area contributed by atoms with Crippen LogP contribution in [0.5, 0.6) is 5.75 Å². The van der Waals surface area contributed by atoms with Gasteiger partial charge in [0, 0.05) is 17.1 Å². The Morgan fingerprint density at radius 2 is 1.90 bits per heavy atom. The van der Waals surface area contributed by atoms with Gasteiger partial charge in [-0.2, -0.15) is 0 Å². The SMILES string of the molecule is O=[N+]([O-])c1cc(Br)ccc1COc1ccc(CCO)cc1. The standard InChI is InChI=1S/C15H14BrNO4/c16-13-4-3-12(15(9-13)17(19)20)10-21-14-5-1-11(2-6-14)7-8-18/h1-6,9,18H,7-8,10H2. The van der Waals surface area contributed by atoms with Crippen LogP contribution in [0.1, 0.15) is 11.1 Å². The minimum atomic E-state index is -0.423. The van der Waals surface area contributed by atoms with Crippen LogP contribution in [0.4, 0.5) is 5.69 Å². The van der Waals surface area contributed by atoms with Gasteiger partial charge < -0.3 is 9.84 Å². The van der Waals surface area contributed by atoms with Gasteiger partial charge in [-0.25, -0.2) is 0 Å². The van der Waals surface area contributed by atoms with Crippen molar-refractivity contribution in [3.05, 3.63) is 68.2 Å². The summed E-state index contributed by atoms with van der Waals surface area (Å²) in [6.07, 6.45) is 0.596. The van der Waals surface area contributed by atoms with Crippen LogP contribution in [0, 0.1) is 10.1 Å². The predicted molar refractivity (Wildman–Crippen MR) is 82.4 cm³/mol. The van der Waals surface area contributed by atoms with E-state index in [9.17, 15) is 10.1 Å². The van der Waals surface area contributed by atoms with Gasteiger partial charge in [0.1, 0.15) is 12.4 Å². The van der Waals surface area contributed by atoms with Crippen molar-refractivity contribution in [2.24, 2.45) is 0 Å². The lowest BCUT2D eigenvalue weighted by Gasteiger charge is -2.08. The van der Waals surface area contributed by atoms with E-state index in [0.29, 0.717) is 22.2 Å². The van der Waals surface area contributed by atoms with Crippen LogP contribution in [0.15, 0.2) is 46.9 Å². The second-order valence-electron chi connectivity index (χ2n) is 4.44. The third kappa shape index (κ3) is 4.27. The summed E-state index contributed by atoms with van der Waals surface area (Å²) >= 11 is 3.22. The molecule has 0 bridgehead atoms. The first-order valence-corrected chi connectivity index (χ1v) is 7.15. The molecule has 1 N–H and O–H groups in total. The van der Waals surface area contributed by atoms with Gasteiger partial charge >= 0.3 is 0 Å². The van der Waals surface area contributed by atoms with Crippen molar-refractivity contribution in [2.75, 3.05) is 6.61 Å². The van der Waals surface area contributed by atoms with Crippen molar-refractivity contribution in [1.29, 1.82) is 0 Å². The fourth-order valence-corrected chi connectivity index (χ4v) is 2.22. The van der Waals surface area contributed by atoms with Crippen molar-refractivity contribution in [1.82, 2.24) is 0 Å². The van der Waals surface area contributed by atoms with E-state index in [-0.39, 0.29) is 18.9 Å². The molecule has 0 atom stereocenters. The molecule has 2 aromatic rings. The molecule has 0 radical (unpaired) electrons. The highest BCUT2D eigenvalue weighted by atomic mass is 79.9. The maximum Gasteiger partial charge on any atom is 0.277 e. The van der Waals surface area contributed by atoms with Crippen molar-refractivity contribution in [2.45, 2.75) is 13.0 Å². The van der Waals surface area contributed by atoms with Crippen molar-refractivity contribution >= 4 is 21.6 Å². The van der Waals surface area contributed by atoms with Crippen LogP contribution in [0.25, 0.3) is 0 Å². The zero-order chi connectivity index (χ0) is 15.2. The fourth-order valence-electron chi connectivity index (χ4n) is 1.87. The Balaban J connectivity index is 2.07. The first-order valence-electron chi connectivity index (χ1n) is 6.35. The van der Waals surface area contributed by atoms with E-state index in [1.807, 2.05) is 12.1 Å². The number of rotatable bonds is 6. The molecule has 0 amide bonds. The van der Waals surface area contributed by atoms with Gasteiger partial charge in [-0.3, -0.25) is 10.1 Å². The number of nitro groups is 1. The summed E-state index contributed by atoms with van der Waals surface area (Å²) in [6, 6.07) is 12.2. The molecule has 0 fully saturated rings. The Morgan fingerprint density at radius 3 is 2.52 bits per heavy atom. The highest BCUT2D eigenvalue weighted by molar-refractivity contribution is 9.10. The maximum atomic E-state index is 11.0. The molecule has 0 saturated heterocycles. The average molecular weight is 352 g/mol. The zero-order valence-electron chi connectivity index (χ0n) is 11.2. The van der Waals surface area contributed by atoms with E-state index in [4.69, 9.17) is 9.84 Å². The summed E-state index contributed by atoms with van der Waals surface area (Å²) in [7, 11) is 0. The van der Waals surface area contributed by atoms with E-state index >= 15 is 0 Å². The number of ether oxygens (including phenoxy) is 1. The third-order valence-corrected chi connectivity index (χ3v) is 3.46. The van der Waals surface area contributed by atoms with Crippen molar-refractivity contribution in [3.63, 3.8) is 0 Å². The minimum Gasteiger partial charge on any atom is -0.489 e. The second kappa shape index (κ2) is 7.19. The molecule has 0 aliphatic rings. The Labute approximate surface area is 130 Å². The molecular weight excluding hydrogens is 338 g/mol. The molecule has 0 saturated carbocycles. The van der Waals surface area contributed by atoms with Crippen LogP contribution in [0.3, 0.4) is 0 Å². The Hall–Kier alpha value is -1.92. The molecule has 110 valence electrons. The summed E-state index contributed by atoms with van der Waals surface area (Å²) in [6.45, 7) is 0.230. The molecule has 0 aliphatic heterocycles. The fraction of sp³-hybridized carbons (Fsp3) is 0.200. The second-order valence-corrected chi connectivity index (χ2v) is 5.35. The van der Waals surface area contributed by atoms with Gasteiger partial charge in [-0.15, -0.1) is 0 Å². The van der Waals surface area contributed by atoms with Gasteiger partial charge in [0.2, 0.25) is 0 Å². The van der Waals surface area contributed by atoms with Gasteiger partial charge in [0.25, 0.3) is 5.69 Å². The molecule has 0 unspecified atom stereocenters. The van der Waals surface area contributed by atoms with Gasteiger partial charge in [-0.1, -0.05) is 28.1 Å². The predicted octanol–water partition coefficient (Wildman–Crippen LogP) is 3.47. The molecule has 2 aromatic carbocycles. The number of hydrogen-bond acceptors (Lipinski definition) is 4. The number of aliphatic hydroxyl groups excluding tert-OH is 1. The van der Waals surface area contributed by atoms with Gasteiger partial charge in [0.15, 0.2) is 0 Å². The van der Waals surface area contributed by atoms with Gasteiger partial charge in [0.05, 0.1) is 10.5 Å². The van der Waals surface area contributed by atoms with Crippen LogP contribution < -0.4 is 4.74 Å². The van der Waals surface area contributed by atoms with E-state index in [0.717, 1.165) is 5.56 Å². The smallest absolute Gasteiger partial charge is 0.277 e. The summed E-state index contributed by atoms with van der Waals surface area (Å²) in [5, 5.41) is 19.9. The number of halogens is 1. The lowest BCUT2D eigenvalue weighted by atomic mass is 10.1. The highest BCUT2D eigenvalue weighted by Gasteiger charge is 2.14. The quantitative estimate of drug-likeness (QED) is 0.638. The van der Waals surface area contributed by atoms with E-state index in [1.165, 1.54) is 6.07 Å². The molecule has 0 aromatic heterocycles. The van der Waals surface area contributed by atoms with Crippen molar-refractivity contribution < 1.29 is 14.8 Å². The maximum absolute atomic E-state index is 11.0. The molecule has 0 aliphatic carbocycles. The number of aliphatic hydroxyl groups is 1. The van der Waals surface area contributed by atoms with Crippen LogP contribution in [0.2, 0.25) is 0 Å². The Kier molecular flexibility index (Phi) is 5.30. The van der Waals surface area contributed by atoms with Crippen molar-refractivity contribution in [3.8, 4) is 5.75 Å². The molecule has 21 heavy (non-hydrogen) atoms. The largest absolute Gasteiger partial charge is 0.489 e. The lowest BCUT2D eigenvalue weighted by molar-refractivity contribution is -0.385. The minimum absolute atomic E-state index is 0.0290. The highest BCUT2D eigenvalue weighted by Crippen LogP contribution is 2.25. The lowest BCUT2D eigenvalue weighted by Crippen LogP contribution is -2.01. The molecular formula is C15H14BrNO4. The van der Waals surface area contributed by atoms with Gasteiger partial charge in [-0.05, 0) is 36.2 Å². The first kappa shape index (κ1) is 15.5. The topological polar surface area (TPSA) is 72.6 Å². The Morgan fingerprint density at radius 1 is 1.19 bits per heavy atom. The van der Waals surface area contributed by atoms with E-state index in [2.05, 4.69) is 15.9 Å². The van der Waals surface area contributed by atoms with E-state index < -0.39 is 4.92 Å². The number of hydrogen-bond donors (Lipinski definition) is 1. The van der Waals surface area contributed by atoms with Crippen LogP contribution in [-0.4, -0.2) is 16.6 Å². The number of benzene rings is 2. The molecule has 6 heteroatoms. The van der Waals surface area contributed by atoms with E-state index in [1.54, 1.807) is 24.3 Å². The van der Waals surface area contributed by atoms with Crippen LogP contribution in [-0.2, 0) is 13.0 Å². The summed E-state index contributed by atoms with van der Waals surface area (Å²) in [4.78, 5) is 10.6. The normalized spacial score (nSPS) is 10.4. The zero-order valence-corrected chi connectivity index (χ0v) is 12.7. The molecule has 2 rings (SSSR count). The third-order valence-electron chi connectivity index (χ3n) is 2.96.